The third-order valence-electron chi connectivity index (χ3n) is 1.36. The summed E-state index contributed by atoms with van der Waals surface area (Å²) in [5.74, 6) is 1.97. The van der Waals surface area contributed by atoms with Gasteiger partial charge in [0.05, 0.1) is 13.2 Å². The van der Waals surface area contributed by atoms with Crippen molar-refractivity contribution in [3.8, 4) is 0 Å². The fourth-order valence-electron chi connectivity index (χ4n) is 0.779. The van der Waals surface area contributed by atoms with E-state index in [2.05, 4.69) is 0 Å². The van der Waals surface area contributed by atoms with E-state index in [1.807, 2.05) is 13.8 Å². The average molecular weight is 128 g/mol. The van der Waals surface area contributed by atoms with Crippen LogP contribution >= 0.6 is 0 Å². The number of hydrogen-bond donors (Lipinski definition) is 0. The lowest BCUT2D eigenvalue weighted by Crippen LogP contribution is -2.11. The van der Waals surface area contributed by atoms with E-state index in [9.17, 15) is 0 Å². The molecule has 0 spiro atoms. The molecule has 0 aromatic heterocycles. The maximum absolute atomic E-state index is 5.20. The van der Waals surface area contributed by atoms with Crippen molar-refractivity contribution in [2.75, 3.05) is 13.2 Å². The molecule has 0 unspecified atom stereocenters. The lowest BCUT2D eigenvalue weighted by molar-refractivity contribution is 0.0870. The van der Waals surface area contributed by atoms with Crippen LogP contribution in [0.1, 0.15) is 20.3 Å². The van der Waals surface area contributed by atoms with Crippen molar-refractivity contribution in [1.82, 2.24) is 0 Å². The summed E-state index contributed by atoms with van der Waals surface area (Å²) in [6.45, 7) is 5.51. The molecule has 9 heavy (non-hydrogen) atoms. The van der Waals surface area contributed by atoms with Gasteiger partial charge in [-0.25, -0.2) is 0 Å². The van der Waals surface area contributed by atoms with Crippen molar-refractivity contribution in [3.05, 3.63) is 11.5 Å². The third-order valence-corrected chi connectivity index (χ3v) is 1.36. The molecule has 0 aliphatic carbocycles. The Kier molecular flexibility index (Phi) is 1.98. The van der Waals surface area contributed by atoms with Crippen molar-refractivity contribution >= 4 is 0 Å². The molecule has 0 saturated carbocycles. The first-order valence-electron chi connectivity index (χ1n) is 3.30. The molecule has 1 aliphatic heterocycles. The fourth-order valence-corrected chi connectivity index (χ4v) is 0.779. The Morgan fingerprint density at radius 3 is 2.78 bits per heavy atom. The quantitative estimate of drug-likeness (QED) is 0.527. The zero-order chi connectivity index (χ0) is 6.69. The minimum atomic E-state index is 0.735. The Labute approximate surface area is 55.5 Å². The molecule has 2 nitrogen and oxygen atoms in total. The van der Waals surface area contributed by atoms with E-state index in [1.165, 1.54) is 0 Å². The van der Waals surface area contributed by atoms with Gasteiger partial charge in [0.15, 0.2) is 0 Å². The van der Waals surface area contributed by atoms with Crippen LogP contribution in [0.5, 0.6) is 0 Å². The zero-order valence-electron chi connectivity index (χ0n) is 5.94. The summed E-state index contributed by atoms with van der Waals surface area (Å²) >= 11 is 0. The first-order valence-corrected chi connectivity index (χ1v) is 3.30. The molecule has 1 rings (SSSR count). The molecule has 2 heteroatoms. The molecule has 0 bridgehead atoms. The van der Waals surface area contributed by atoms with E-state index >= 15 is 0 Å². The highest BCUT2D eigenvalue weighted by Crippen LogP contribution is 2.20. The molecule has 0 aromatic rings. The third kappa shape index (κ3) is 1.37. The van der Waals surface area contributed by atoms with Gasteiger partial charge in [0.25, 0.3) is 0 Å². The van der Waals surface area contributed by atoms with Gasteiger partial charge in [0.2, 0.25) is 0 Å². The Morgan fingerprint density at radius 2 is 2.44 bits per heavy atom. The van der Waals surface area contributed by atoms with Gasteiger partial charge in [-0.1, -0.05) is 0 Å². The molecular weight excluding hydrogens is 116 g/mol. The van der Waals surface area contributed by atoms with Gasteiger partial charge in [-0.15, -0.1) is 0 Å². The van der Waals surface area contributed by atoms with E-state index in [1.54, 1.807) is 0 Å². The van der Waals surface area contributed by atoms with Gasteiger partial charge < -0.3 is 9.47 Å². The summed E-state index contributed by atoms with van der Waals surface area (Å²) in [4.78, 5) is 0. The standard InChI is InChI=1S/C7H12O2/c1-3-8-6(2)7-4-5-9-7/h3-5H2,1-2H3. The van der Waals surface area contributed by atoms with Crippen LogP contribution in [0.15, 0.2) is 11.5 Å². The number of ether oxygens (including phenoxy) is 2. The SMILES string of the molecule is CCOC(C)=C1CCO1. The minimum Gasteiger partial charge on any atom is -0.495 e. The Bertz CT molecular complexity index is 121. The first-order chi connectivity index (χ1) is 4.34. The van der Waals surface area contributed by atoms with Gasteiger partial charge >= 0.3 is 0 Å². The lowest BCUT2D eigenvalue weighted by Gasteiger charge is -2.21. The van der Waals surface area contributed by atoms with Gasteiger partial charge in [0, 0.05) is 6.42 Å². The summed E-state index contributed by atoms with van der Waals surface area (Å²) < 4.78 is 10.3. The normalized spacial score (nSPS) is 22.0. The van der Waals surface area contributed by atoms with E-state index in [0.717, 1.165) is 31.2 Å². The number of hydrogen-bond acceptors (Lipinski definition) is 2. The lowest BCUT2D eigenvalue weighted by atomic mass is 10.2. The van der Waals surface area contributed by atoms with Crippen LogP contribution in [0.25, 0.3) is 0 Å². The summed E-state index contributed by atoms with van der Waals surface area (Å²) in [7, 11) is 0. The Hall–Kier alpha value is -0.660. The smallest absolute Gasteiger partial charge is 0.137 e. The van der Waals surface area contributed by atoms with Crippen LogP contribution in [-0.4, -0.2) is 13.2 Å². The number of allylic oxidation sites excluding steroid dienone is 1. The van der Waals surface area contributed by atoms with Crippen molar-refractivity contribution < 1.29 is 9.47 Å². The second kappa shape index (κ2) is 2.76. The van der Waals surface area contributed by atoms with E-state index in [0.29, 0.717) is 0 Å². The molecular formula is C7H12O2. The molecule has 1 saturated heterocycles. The van der Waals surface area contributed by atoms with Crippen LogP contribution in [0, 0.1) is 0 Å². The maximum Gasteiger partial charge on any atom is 0.137 e. The second-order valence-corrected chi connectivity index (χ2v) is 2.01. The highest BCUT2D eigenvalue weighted by Gasteiger charge is 2.13. The molecule has 1 heterocycles. The molecule has 0 radical (unpaired) electrons. The van der Waals surface area contributed by atoms with E-state index in [-0.39, 0.29) is 0 Å². The Balaban J connectivity index is 2.36. The Morgan fingerprint density at radius 1 is 1.78 bits per heavy atom. The summed E-state index contributed by atoms with van der Waals surface area (Å²) in [6.07, 6.45) is 1.05. The van der Waals surface area contributed by atoms with E-state index in [4.69, 9.17) is 9.47 Å². The molecule has 0 atom stereocenters. The summed E-state index contributed by atoms with van der Waals surface area (Å²) in [6, 6.07) is 0. The topological polar surface area (TPSA) is 18.5 Å². The predicted octanol–water partition coefficient (Wildman–Crippen LogP) is 1.67. The van der Waals surface area contributed by atoms with Crippen LogP contribution in [0.3, 0.4) is 0 Å². The second-order valence-electron chi connectivity index (χ2n) is 2.01. The van der Waals surface area contributed by atoms with Crippen LogP contribution in [-0.2, 0) is 9.47 Å². The van der Waals surface area contributed by atoms with Gasteiger partial charge in [-0.05, 0) is 13.8 Å². The molecule has 0 aromatic carbocycles. The number of rotatable bonds is 2. The van der Waals surface area contributed by atoms with Gasteiger partial charge in [-0.3, -0.25) is 0 Å². The maximum atomic E-state index is 5.20. The monoisotopic (exact) mass is 128 g/mol. The van der Waals surface area contributed by atoms with Crippen LogP contribution < -0.4 is 0 Å². The summed E-state index contributed by atoms with van der Waals surface area (Å²) in [5, 5.41) is 0. The fraction of sp³-hybridized carbons (Fsp3) is 0.714. The predicted molar refractivity (Wildman–Crippen MR) is 34.9 cm³/mol. The largest absolute Gasteiger partial charge is 0.495 e. The van der Waals surface area contributed by atoms with Crippen molar-refractivity contribution in [2.24, 2.45) is 0 Å². The van der Waals surface area contributed by atoms with Crippen LogP contribution in [0.2, 0.25) is 0 Å². The van der Waals surface area contributed by atoms with Crippen molar-refractivity contribution in [3.63, 3.8) is 0 Å². The molecule has 1 aliphatic rings. The summed E-state index contributed by atoms with van der Waals surface area (Å²) in [5.41, 5.74) is 0. The highest BCUT2D eigenvalue weighted by atomic mass is 16.5. The van der Waals surface area contributed by atoms with Gasteiger partial charge in [0.1, 0.15) is 11.5 Å². The van der Waals surface area contributed by atoms with Crippen molar-refractivity contribution in [2.45, 2.75) is 20.3 Å². The van der Waals surface area contributed by atoms with E-state index < -0.39 is 0 Å². The first kappa shape index (κ1) is 6.46. The van der Waals surface area contributed by atoms with Crippen LogP contribution in [0.4, 0.5) is 0 Å². The molecule has 0 amide bonds. The zero-order valence-corrected chi connectivity index (χ0v) is 5.94. The minimum absolute atomic E-state index is 0.735. The molecule has 0 N–H and O–H groups in total. The van der Waals surface area contributed by atoms with Gasteiger partial charge in [-0.2, -0.15) is 0 Å². The van der Waals surface area contributed by atoms with Crippen molar-refractivity contribution in [1.29, 1.82) is 0 Å². The molecule has 1 fully saturated rings. The highest BCUT2D eigenvalue weighted by molar-refractivity contribution is 5.03. The average Bonchev–Trinajstić information content (AvgIpc) is 1.60. The molecule has 52 valence electrons.